The van der Waals surface area contributed by atoms with Crippen molar-refractivity contribution in [3.63, 3.8) is 0 Å². The van der Waals surface area contributed by atoms with Crippen LogP contribution in [0.3, 0.4) is 0 Å². The number of benzene rings is 2. The van der Waals surface area contributed by atoms with Crippen molar-refractivity contribution in [2.24, 2.45) is 0 Å². The van der Waals surface area contributed by atoms with Gasteiger partial charge in [0.1, 0.15) is 0 Å². The molecule has 0 bridgehead atoms. The van der Waals surface area contributed by atoms with Crippen molar-refractivity contribution in [3.8, 4) is 23.2 Å². The van der Waals surface area contributed by atoms with E-state index < -0.39 is 0 Å². The molecular formula is C19H23N5O2. The van der Waals surface area contributed by atoms with Gasteiger partial charge in [0.15, 0.2) is 11.5 Å². The van der Waals surface area contributed by atoms with Crippen molar-refractivity contribution in [2.45, 2.75) is 33.4 Å². The van der Waals surface area contributed by atoms with Crippen LogP contribution in [0.2, 0.25) is 0 Å². The molecule has 0 amide bonds. The van der Waals surface area contributed by atoms with E-state index in [1.165, 1.54) is 0 Å². The van der Waals surface area contributed by atoms with Gasteiger partial charge >= 0.3 is 6.01 Å². The summed E-state index contributed by atoms with van der Waals surface area (Å²) < 4.78 is 13.2. The first-order valence-electron chi connectivity index (χ1n) is 8.68. The van der Waals surface area contributed by atoms with Gasteiger partial charge in [-0.2, -0.15) is 4.68 Å². The molecule has 1 aromatic heterocycles. The van der Waals surface area contributed by atoms with Gasteiger partial charge in [-0.25, -0.2) is 0 Å². The maximum atomic E-state index is 5.95. The lowest BCUT2D eigenvalue weighted by Gasteiger charge is -2.14. The molecule has 0 unspecified atom stereocenters. The van der Waals surface area contributed by atoms with Crippen LogP contribution in [0.1, 0.15) is 26.3 Å². The number of nitrogens with one attached hydrogen (secondary N) is 1. The molecule has 1 heterocycles. The predicted molar refractivity (Wildman–Crippen MR) is 98.8 cm³/mol. The average molecular weight is 353 g/mol. The van der Waals surface area contributed by atoms with Gasteiger partial charge in [-0.3, -0.25) is 0 Å². The molecule has 0 aliphatic carbocycles. The van der Waals surface area contributed by atoms with Gasteiger partial charge in [0.2, 0.25) is 0 Å². The molecule has 2 aromatic carbocycles. The molecule has 26 heavy (non-hydrogen) atoms. The van der Waals surface area contributed by atoms with Crippen LogP contribution in [0.4, 0.5) is 0 Å². The molecule has 0 saturated heterocycles. The first-order chi connectivity index (χ1) is 12.7. The third-order valence-electron chi connectivity index (χ3n) is 3.67. The minimum Gasteiger partial charge on any atom is -0.490 e. The van der Waals surface area contributed by atoms with Crippen molar-refractivity contribution >= 4 is 0 Å². The SMILES string of the molecule is CCOc1cc(CNC(C)C)ccc1Oc1nnnn1-c1ccccc1. The van der Waals surface area contributed by atoms with E-state index in [1.54, 1.807) is 4.68 Å². The largest absolute Gasteiger partial charge is 0.490 e. The topological polar surface area (TPSA) is 74.1 Å². The number of aromatic nitrogens is 4. The highest BCUT2D eigenvalue weighted by atomic mass is 16.5. The molecular weight excluding hydrogens is 330 g/mol. The zero-order valence-corrected chi connectivity index (χ0v) is 15.2. The number of ether oxygens (including phenoxy) is 2. The van der Waals surface area contributed by atoms with Crippen LogP contribution in [0.25, 0.3) is 5.69 Å². The van der Waals surface area contributed by atoms with E-state index in [4.69, 9.17) is 9.47 Å². The molecule has 0 fully saturated rings. The second kappa shape index (κ2) is 8.44. The molecule has 0 spiro atoms. The van der Waals surface area contributed by atoms with E-state index in [0.29, 0.717) is 24.1 Å². The monoisotopic (exact) mass is 353 g/mol. The predicted octanol–water partition coefficient (Wildman–Crippen LogP) is 3.35. The van der Waals surface area contributed by atoms with Crippen molar-refractivity contribution in [1.29, 1.82) is 0 Å². The van der Waals surface area contributed by atoms with Gasteiger partial charge < -0.3 is 14.8 Å². The molecule has 1 N–H and O–H groups in total. The van der Waals surface area contributed by atoms with Crippen LogP contribution in [-0.2, 0) is 6.54 Å². The maximum absolute atomic E-state index is 5.95. The Morgan fingerprint density at radius 2 is 1.88 bits per heavy atom. The van der Waals surface area contributed by atoms with Crippen molar-refractivity contribution in [1.82, 2.24) is 25.5 Å². The number of hydrogen-bond acceptors (Lipinski definition) is 6. The molecule has 3 aromatic rings. The van der Waals surface area contributed by atoms with Crippen molar-refractivity contribution in [3.05, 3.63) is 54.1 Å². The lowest BCUT2D eigenvalue weighted by molar-refractivity contribution is 0.315. The molecule has 0 atom stereocenters. The Morgan fingerprint density at radius 1 is 1.08 bits per heavy atom. The molecule has 136 valence electrons. The summed E-state index contributed by atoms with van der Waals surface area (Å²) in [5, 5.41) is 15.1. The Morgan fingerprint density at radius 3 is 2.62 bits per heavy atom. The van der Waals surface area contributed by atoms with Gasteiger partial charge in [0, 0.05) is 12.6 Å². The minimum absolute atomic E-state index is 0.283. The summed E-state index contributed by atoms with van der Waals surface area (Å²) in [6.07, 6.45) is 0. The van der Waals surface area contributed by atoms with E-state index in [9.17, 15) is 0 Å². The van der Waals surface area contributed by atoms with E-state index >= 15 is 0 Å². The van der Waals surface area contributed by atoms with Gasteiger partial charge in [-0.1, -0.05) is 43.2 Å². The summed E-state index contributed by atoms with van der Waals surface area (Å²) in [6, 6.07) is 16.2. The van der Waals surface area contributed by atoms with Crippen molar-refractivity contribution < 1.29 is 9.47 Å². The Bertz CT molecular complexity index is 833. The third-order valence-corrected chi connectivity index (χ3v) is 3.67. The van der Waals surface area contributed by atoms with Gasteiger partial charge in [-0.15, -0.1) is 0 Å². The van der Waals surface area contributed by atoms with Crippen LogP contribution in [0.5, 0.6) is 17.5 Å². The second-order valence-electron chi connectivity index (χ2n) is 6.06. The van der Waals surface area contributed by atoms with E-state index in [2.05, 4.69) is 34.7 Å². The fourth-order valence-corrected chi connectivity index (χ4v) is 2.41. The minimum atomic E-state index is 0.283. The highest BCUT2D eigenvalue weighted by Gasteiger charge is 2.14. The van der Waals surface area contributed by atoms with E-state index in [-0.39, 0.29) is 6.01 Å². The Kier molecular flexibility index (Phi) is 5.80. The van der Waals surface area contributed by atoms with Crippen LogP contribution in [0, 0.1) is 0 Å². The van der Waals surface area contributed by atoms with Crippen LogP contribution >= 0.6 is 0 Å². The van der Waals surface area contributed by atoms with E-state index in [0.717, 1.165) is 17.8 Å². The van der Waals surface area contributed by atoms with Crippen LogP contribution < -0.4 is 14.8 Å². The van der Waals surface area contributed by atoms with Gasteiger partial charge in [0.25, 0.3) is 0 Å². The Labute approximate surface area is 152 Å². The van der Waals surface area contributed by atoms with Gasteiger partial charge in [-0.05, 0) is 47.2 Å². The third kappa shape index (κ3) is 4.37. The summed E-state index contributed by atoms with van der Waals surface area (Å²) in [5.74, 6) is 1.24. The standard InChI is InChI=1S/C19H23N5O2/c1-4-25-18-12-15(13-20-14(2)3)10-11-17(18)26-19-21-22-23-24(19)16-8-6-5-7-9-16/h5-12,14,20H,4,13H2,1-3H3. The maximum Gasteiger partial charge on any atom is 0.346 e. The average Bonchev–Trinajstić information content (AvgIpc) is 3.11. The first kappa shape index (κ1) is 17.9. The van der Waals surface area contributed by atoms with E-state index in [1.807, 2.05) is 55.5 Å². The van der Waals surface area contributed by atoms with Gasteiger partial charge in [0.05, 0.1) is 12.3 Å². The molecule has 0 aliphatic rings. The summed E-state index contributed by atoms with van der Waals surface area (Å²) in [6.45, 7) is 7.48. The fourth-order valence-electron chi connectivity index (χ4n) is 2.41. The fraction of sp³-hybridized carbons (Fsp3) is 0.316. The Hall–Kier alpha value is -2.93. The lowest BCUT2D eigenvalue weighted by Crippen LogP contribution is -2.21. The number of tetrazole rings is 1. The summed E-state index contributed by atoms with van der Waals surface area (Å²) in [7, 11) is 0. The molecule has 3 rings (SSSR count). The first-order valence-corrected chi connectivity index (χ1v) is 8.68. The number of para-hydroxylation sites is 1. The second-order valence-corrected chi connectivity index (χ2v) is 6.06. The molecule has 7 nitrogen and oxygen atoms in total. The molecule has 0 aliphatic heterocycles. The molecule has 0 saturated carbocycles. The summed E-state index contributed by atoms with van der Waals surface area (Å²) in [5.41, 5.74) is 1.94. The van der Waals surface area contributed by atoms with Crippen molar-refractivity contribution in [2.75, 3.05) is 6.61 Å². The summed E-state index contributed by atoms with van der Waals surface area (Å²) >= 11 is 0. The number of nitrogens with zero attached hydrogens (tertiary/aromatic N) is 4. The number of hydrogen-bond donors (Lipinski definition) is 1. The number of rotatable bonds is 8. The smallest absolute Gasteiger partial charge is 0.346 e. The zero-order valence-electron chi connectivity index (χ0n) is 15.2. The Balaban J connectivity index is 1.85. The normalized spacial score (nSPS) is 10.9. The summed E-state index contributed by atoms with van der Waals surface area (Å²) in [4.78, 5) is 0. The van der Waals surface area contributed by atoms with Crippen LogP contribution in [0.15, 0.2) is 48.5 Å². The highest BCUT2D eigenvalue weighted by Crippen LogP contribution is 2.32. The molecule has 7 heteroatoms. The quantitative estimate of drug-likeness (QED) is 0.669. The zero-order chi connectivity index (χ0) is 18.4. The lowest BCUT2D eigenvalue weighted by atomic mass is 10.2. The highest BCUT2D eigenvalue weighted by molar-refractivity contribution is 5.44. The molecule has 0 radical (unpaired) electrons. The van der Waals surface area contributed by atoms with Crippen LogP contribution in [-0.4, -0.2) is 32.9 Å².